The Labute approximate surface area is 121 Å². The average Bonchev–Trinajstić information content (AvgIpc) is 2.49. The highest BCUT2D eigenvalue weighted by Crippen LogP contribution is 2.32. The molecule has 1 aromatic carbocycles. The van der Waals surface area contributed by atoms with Gasteiger partial charge in [0.2, 0.25) is 5.88 Å². The van der Waals surface area contributed by atoms with Gasteiger partial charge in [0.1, 0.15) is 0 Å². The first-order valence-corrected chi connectivity index (χ1v) is 6.27. The Morgan fingerprint density at radius 3 is 2.55 bits per heavy atom. The fraction of sp³-hybridized carbons (Fsp3) is 0.214. The second kappa shape index (κ2) is 6.56. The van der Waals surface area contributed by atoms with Crippen LogP contribution in [0.1, 0.15) is 11.3 Å². The van der Waals surface area contributed by atoms with Gasteiger partial charge in [-0.2, -0.15) is 0 Å². The number of nitrogens with zero attached hydrogens (tertiary/aromatic N) is 1. The molecule has 0 saturated heterocycles. The van der Waals surface area contributed by atoms with Crippen molar-refractivity contribution in [3.63, 3.8) is 0 Å². The van der Waals surface area contributed by atoms with E-state index in [9.17, 15) is 0 Å². The van der Waals surface area contributed by atoms with Crippen molar-refractivity contribution < 1.29 is 19.7 Å². The molecule has 0 atom stereocenters. The Kier molecular flexibility index (Phi) is 4.79. The molecule has 106 valence electrons. The first-order chi connectivity index (χ1) is 9.67. The summed E-state index contributed by atoms with van der Waals surface area (Å²) in [6, 6.07) is 8.28. The maximum absolute atomic E-state index is 9.12. The van der Waals surface area contributed by atoms with Crippen LogP contribution in [0, 0.1) is 0 Å². The van der Waals surface area contributed by atoms with Crippen LogP contribution in [0.2, 0.25) is 5.02 Å². The van der Waals surface area contributed by atoms with Crippen molar-refractivity contribution >= 4 is 11.6 Å². The van der Waals surface area contributed by atoms with Gasteiger partial charge in [-0.3, -0.25) is 0 Å². The molecule has 2 aromatic rings. The van der Waals surface area contributed by atoms with E-state index in [2.05, 4.69) is 4.98 Å². The van der Waals surface area contributed by atoms with Crippen LogP contribution in [-0.4, -0.2) is 22.3 Å². The fourth-order valence-corrected chi connectivity index (χ4v) is 1.80. The van der Waals surface area contributed by atoms with E-state index in [1.165, 1.54) is 7.11 Å². The number of hydrogen-bond donors (Lipinski definition) is 2. The lowest BCUT2D eigenvalue weighted by atomic mass is 10.2. The number of benzene rings is 1. The molecule has 0 aliphatic heterocycles. The summed E-state index contributed by atoms with van der Waals surface area (Å²) in [5, 5.41) is 18.6. The number of methoxy groups -OCH3 is 1. The summed E-state index contributed by atoms with van der Waals surface area (Å²) in [7, 11) is 1.51. The van der Waals surface area contributed by atoms with Crippen LogP contribution in [-0.2, 0) is 13.2 Å². The van der Waals surface area contributed by atoms with Gasteiger partial charge in [0.05, 0.1) is 31.0 Å². The molecule has 0 unspecified atom stereocenters. The Balaban J connectivity index is 2.29. The number of aromatic nitrogens is 1. The van der Waals surface area contributed by atoms with Crippen LogP contribution in [0.3, 0.4) is 0 Å². The molecular weight excluding hydrogens is 282 g/mol. The van der Waals surface area contributed by atoms with Crippen molar-refractivity contribution in [2.24, 2.45) is 0 Å². The molecule has 0 aliphatic rings. The smallest absolute Gasteiger partial charge is 0.219 e. The van der Waals surface area contributed by atoms with Gasteiger partial charge < -0.3 is 19.7 Å². The first kappa shape index (κ1) is 14.6. The van der Waals surface area contributed by atoms with Gasteiger partial charge in [0.15, 0.2) is 11.5 Å². The third kappa shape index (κ3) is 3.19. The van der Waals surface area contributed by atoms with Crippen LogP contribution in [0.15, 0.2) is 30.3 Å². The first-order valence-electron chi connectivity index (χ1n) is 5.90. The lowest BCUT2D eigenvalue weighted by molar-refractivity contribution is 0.275. The number of halogens is 1. The monoisotopic (exact) mass is 295 g/mol. The molecule has 2 rings (SSSR count). The minimum Gasteiger partial charge on any atom is -0.493 e. The maximum Gasteiger partial charge on any atom is 0.219 e. The van der Waals surface area contributed by atoms with Gasteiger partial charge in [-0.05, 0) is 23.8 Å². The number of hydrogen-bond acceptors (Lipinski definition) is 5. The summed E-state index contributed by atoms with van der Waals surface area (Å²) in [4.78, 5) is 4.09. The van der Waals surface area contributed by atoms with E-state index in [0.717, 1.165) is 0 Å². The highest BCUT2D eigenvalue weighted by atomic mass is 35.5. The summed E-state index contributed by atoms with van der Waals surface area (Å²) in [6.45, 7) is -0.346. The SMILES string of the molecule is COc1cc(CO)ccc1Oc1ccc(Cl)c(CO)n1. The summed E-state index contributed by atoms with van der Waals surface area (Å²) in [5.41, 5.74) is 1.06. The zero-order chi connectivity index (χ0) is 14.5. The van der Waals surface area contributed by atoms with Crippen LogP contribution in [0.5, 0.6) is 17.4 Å². The third-order valence-corrected chi connectivity index (χ3v) is 3.01. The fourth-order valence-electron chi connectivity index (χ4n) is 1.64. The number of aliphatic hydroxyl groups is 2. The highest BCUT2D eigenvalue weighted by molar-refractivity contribution is 6.31. The zero-order valence-corrected chi connectivity index (χ0v) is 11.6. The molecule has 5 nitrogen and oxygen atoms in total. The second-order valence-corrected chi connectivity index (χ2v) is 4.39. The van der Waals surface area contributed by atoms with Crippen molar-refractivity contribution in [3.8, 4) is 17.4 Å². The van der Waals surface area contributed by atoms with Crippen LogP contribution in [0.25, 0.3) is 0 Å². The van der Waals surface area contributed by atoms with Gasteiger partial charge in [-0.25, -0.2) is 4.98 Å². The molecule has 0 amide bonds. The minimum absolute atomic E-state index is 0.0789. The molecule has 1 aromatic heterocycles. The van der Waals surface area contributed by atoms with Gasteiger partial charge in [-0.15, -0.1) is 0 Å². The Bertz CT molecular complexity index is 604. The van der Waals surface area contributed by atoms with E-state index in [4.69, 9.17) is 31.3 Å². The Morgan fingerprint density at radius 2 is 1.90 bits per heavy atom. The van der Waals surface area contributed by atoms with E-state index in [-0.39, 0.29) is 13.2 Å². The number of rotatable bonds is 5. The van der Waals surface area contributed by atoms with Crippen LogP contribution < -0.4 is 9.47 Å². The molecule has 0 radical (unpaired) electrons. The maximum atomic E-state index is 9.12. The molecule has 2 N–H and O–H groups in total. The molecule has 0 bridgehead atoms. The molecule has 1 heterocycles. The molecule has 0 aliphatic carbocycles. The predicted octanol–water partition coefficient (Wildman–Crippen LogP) is 2.52. The Hall–Kier alpha value is -1.82. The normalized spacial score (nSPS) is 10.4. The van der Waals surface area contributed by atoms with Crippen LogP contribution >= 0.6 is 11.6 Å². The molecule has 0 saturated carbocycles. The average molecular weight is 296 g/mol. The minimum atomic E-state index is -0.267. The van der Waals surface area contributed by atoms with E-state index in [1.807, 2.05) is 0 Å². The topological polar surface area (TPSA) is 71.8 Å². The quantitative estimate of drug-likeness (QED) is 0.887. The second-order valence-electron chi connectivity index (χ2n) is 3.98. The van der Waals surface area contributed by atoms with Gasteiger partial charge >= 0.3 is 0 Å². The number of aliphatic hydroxyl groups excluding tert-OH is 2. The summed E-state index contributed by atoms with van der Waals surface area (Å²) in [6.07, 6.45) is 0. The van der Waals surface area contributed by atoms with E-state index in [0.29, 0.717) is 33.7 Å². The van der Waals surface area contributed by atoms with E-state index in [1.54, 1.807) is 30.3 Å². The predicted molar refractivity (Wildman–Crippen MR) is 74.2 cm³/mol. The lowest BCUT2D eigenvalue weighted by Crippen LogP contribution is -1.97. The molecule has 0 fully saturated rings. The van der Waals surface area contributed by atoms with Gasteiger partial charge in [0.25, 0.3) is 0 Å². The van der Waals surface area contributed by atoms with Crippen molar-refractivity contribution in [2.75, 3.05) is 7.11 Å². The van der Waals surface area contributed by atoms with Crippen LogP contribution in [0.4, 0.5) is 0 Å². The van der Waals surface area contributed by atoms with Crippen molar-refractivity contribution in [3.05, 3.63) is 46.6 Å². The van der Waals surface area contributed by atoms with E-state index < -0.39 is 0 Å². The number of pyridine rings is 1. The molecular formula is C14H14ClNO4. The zero-order valence-electron chi connectivity index (χ0n) is 10.8. The summed E-state index contributed by atoms with van der Waals surface area (Å²) < 4.78 is 10.8. The standard InChI is InChI=1S/C14H14ClNO4/c1-19-13-6-9(7-17)2-4-12(13)20-14-5-3-10(15)11(8-18)16-14/h2-6,17-18H,7-8H2,1H3. The van der Waals surface area contributed by atoms with Gasteiger partial charge in [-0.1, -0.05) is 17.7 Å². The summed E-state index contributed by atoms with van der Waals surface area (Å²) in [5.74, 6) is 1.25. The van der Waals surface area contributed by atoms with Gasteiger partial charge in [0, 0.05) is 6.07 Å². The molecule has 0 spiro atoms. The molecule has 20 heavy (non-hydrogen) atoms. The van der Waals surface area contributed by atoms with Crippen molar-refractivity contribution in [1.82, 2.24) is 4.98 Å². The molecule has 6 heteroatoms. The summed E-state index contributed by atoms with van der Waals surface area (Å²) >= 11 is 5.87. The highest BCUT2D eigenvalue weighted by Gasteiger charge is 2.09. The Morgan fingerprint density at radius 1 is 1.10 bits per heavy atom. The number of ether oxygens (including phenoxy) is 2. The van der Waals surface area contributed by atoms with Crippen molar-refractivity contribution in [2.45, 2.75) is 13.2 Å². The van der Waals surface area contributed by atoms with E-state index >= 15 is 0 Å². The van der Waals surface area contributed by atoms with Crippen molar-refractivity contribution in [1.29, 1.82) is 0 Å². The third-order valence-electron chi connectivity index (χ3n) is 2.67. The largest absolute Gasteiger partial charge is 0.493 e. The lowest BCUT2D eigenvalue weighted by Gasteiger charge is -2.11.